The fourth-order valence-electron chi connectivity index (χ4n) is 5.64. The molecule has 2 unspecified atom stereocenters. The number of aliphatic hydroxyl groups is 4. The van der Waals surface area contributed by atoms with E-state index in [-0.39, 0.29) is 11.3 Å². The molecule has 11 nitrogen and oxygen atoms in total. The lowest BCUT2D eigenvalue weighted by atomic mass is 9.55. The number of rotatable bonds is 2. The largest absolute Gasteiger partial charge is 0.510 e. The molecule has 0 aromatic heterocycles. The summed E-state index contributed by atoms with van der Waals surface area (Å²) in [5, 5.41) is 55.3. The predicted molar refractivity (Wildman–Crippen MR) is 114 cm³/mol. The third-order valence-corrected chi connectivity index (χ3v) is 7.16. The van der Waals surface area contributed by atoms with Crippen LogP contribution in [0.1, 0.15) is 28.8 Å². The summed E-state index contributed by atoms with van der Waals surface area (Å²) in [7, 11) is 2.95. The summed E-state index contributed by atoms with van der Waals surface area (Å²) in [6, 6.07) is 1.63. The van der Waals surface area contributed by atoms with Gasteiger partial charge < -0.3 is 37.0 Å². The quantitative estimate of drug-likeness (QED) is 0.167. The van der Waals surface area contributed by atoms with E-state index in [1.165, 1.54) is 31.1 Å². The Morgan fingerprint density at radius 3 is 2.30 bits per heavy atom. The third-order valence-electron chi connectivity index (χ3n) is 7.16. The van der Waals surface area contributed by atoms with Crippen LogP contribution in [-0.2, 0) is 9.59 Å². The second-order valence-electron chi connectivity index (χ2n) is 9.02. The minimum Gasteiger partial charge on any atom is -0.510 e. The fourth-order valence-corrected chi connectivity index (χ4v) is 5.64. The Balaban J connectivity index is 2.07. The van der Waals surface area contributed by atoms with Gasteiger partial charge in [0.1, 0.15) is 22.8 Å². The first-order chi connectivity index (χ1) is 15.3. The molecule has 6 atom stereocenters. The number of aliphatic hydroxyl groups excluding tert-OH is 3. The van der Waals surface area contributed by atoms with Crippen LogP contribution >= 0.6 is 0 Å². The van der Waals surface area contributed by atoms with Crippen molar-refractivity contribution in [1.82, 2.24) is 4.90 Å². The Morgan fingerprint density at radius 1 is 1.15 bits per heavy atom. The van der Waals surface area contributed by atoms with Crippen molar-refractivity contribution in [3.05, 3.63) is 45.9 Å². The zero-order chi connectivity index (χ0) is 24.7. The second-order valence-corrected chi connectivity index (χ2v) is 9.02. The predicted octanol–water partition coefficient (Wildman–Crippen LogP) is -0.765. The standard InChI is InChI=1S/C22H25N3O8/c1-6-7-4-5-8(23)15(26)10(7)16(27)11-9(6)17(28)13-14(25(2)3)18(29)12(21(24)32)20(31)22(13,33)19(11)30/h4-6,9,13-14,17,26,28-30,33H,23H2,1-3H3,(H2,24,32)/t6-,9?,13?,14-,17-,22-/m0/s1. The zero-order valence-electron chi connectivity index (χ0n) is 18.1. The van der Waals surface area contributed by atoms with Crippen molar-refractivity contribution in [1.29, 1.82) is 0 Å². The highest BCUT2D eigenvalue weighted by molar-refractivity contribution is 6.25. The molecule has 3 aliphatic rings. The van der Waals surface area contributed by atoms with Crippen LogP contribution in [0.4, 0.5) is 5.69 Å². The summed E-state index contributed by atoms with van der Waals surface area (Å²) in [6.07, 6.45) is -1.62. The van der Waals surface area contributed by atoms with Crippen molar-refractivity contribution >= 4 is 23.2 Å². The normalized spacial score (nSPS) is 33.7. The maximum absolute atomic E-state index is 13.4. The number of benzene rings is 1. The van der Waals surface area contributed by atoms with E-state index in [9.17, 15) is 39.9 Å². The number of ketones is 2. The van der Waals surface area contributed by atoms with Gasteiger partial charge in [0, 0.05) is 11.5 Å². The van der Waals surface area contributed by atoms with E-state index < -0.39 is 81.4 Å². The summed E-state index contributed by atoms with van der Waals surface area (Å²) in [4.78, 5) is 40.0. The molecular weight excluding hydrogens is 434 g/mol. The van der Waals surface area contributed by atoms with E-state index in [0.717, 1.165) is 0 Å². The van der Waals surface area contributed by atoms with Gasteiger partial charge in [-0.2, -0.15) is 0 Å². The molecule has 0 saturated heterocycles. The lowest BCUT2D eigenvalue weighted by molar-refractivity contribution is -0.162. The van der Waals surface area contributed by atoms with Crippen LogP contribution in [0.3, 0.4) is 0 Å². The first-order valence-corrected chi connectivity index (χ1v) is 10.2. The van der Waals surface area contributed by atoms with Crippen LogP contribution in [0.5, 0.6) is 5.75 Å². The first kappa shape index (κ1) is 22.8. The molecule has 0 aliphatic heterocycles. The number of hydrogen-bond acceptors (Lipinski definition) is 10. The summed E-state index contributed by atoms with van der Waals surface area (Å²) in [5.41, 5.74) is 6.72. The van der Waals surface area contributed by atoms with E-state index in [4.69, 9.17) is 11.5 Å². The smallest absolute Gasteiger partial charge is 0.255 e. The third kappa shape index (κ3) is 2.63. The molecule has 0 radical (unpaired) electrons. The Kier molecular flexibility index (Phi) is 4.86. The number of carbonyl (C=O) groups excluding carboxylic acids is 3. The summed E-state index contributed by atoms with van der Waals surface area (Å²) >= 11 is 0. The molecule has 0 fully saturated rings. The summed E-state index contributed by atoms with van der Waals surface area (Å²) in [5.74, 6) is -9.34. The molecule has 3 aliphatic carbocycles. The van der Waals surface area contributed by atoms with Crippen molar-refractivity contribution in [3.63, 3.8) is 0 Å². The first-order valence-electron chi connectivity index (χ1n) is 10.2. The van der Waals surface area contributed by atoms with Crippen molar-refractivity contribution in [3.8, 4) is 5.75 Å². The molecule has 1 amide bonds. The number of hydrogen-bond donors (Lipinski definition) is 7. The molecule has 9 N–H and O–H groups in total. The van der Waals surface area contributed by atoms with Crippen molar-refractivity contribution in [2.45, 2.75) is 30.6 Å². The Labute approximate surface area is 188 Å². The summed E-state index contributed by atoms with van der Waals surface area (Å²) in [6.45, 7) is 1.65. The lowest BCUT2D eigenvalue weighted by Gasteiger charge is -2.53. The van der Waals surface area contributed by atoms with E-state index in [1.54, 1.807) is 6.92 Å². The number of phenolic OH excluding ortho intramolecular Hbond substituents is 1. The number of carbonyl (C=O) groups is 3. The maximum atomic E-state index is 13.4. The van der Waals surface area contributed by atoms with Gasteiger partial charge in [-0.05, 0) is 31.6 Å². The number of Topliss-reactive ketones (excluding diaryl/α,β-unsaturated/α-hetero) is 2. The number of anilines is 1. The minimum atomic E-state index is -2.93. The number of nitrogens with zero attached hydrogens (tertiary/aromatic N) is 1. The van der Waals surface area contributed by atoms with Crippen LogP contribution in [0.15, 0.2) is 34.8 Å². The van der Waals surface area contributed by atoms with Crippen molar-refractivity contribution < 1.29 is 39.9 Å². The molecule has 0 heterocycles. The number of phenols is 1. The topological polar surface area (TPSA) is 208 Å². The van der Waals surface area contributed by atoms with Gasteiger partial charge in [-0.1, -0.05) is 13.0 Å². The Hall–Kier alpha value is -3.41. The monoisotopic (exact) mass is 459 g/mol. The van der Waals surface area contributed by atoms with E-state index in [2.05, 4.69) is 0 Å². The SMILES string of the molecule is C[C@H]1c2ccc(N)c(O)c2C(=O)C2=C(O)[C@]3(O)C(=O)C(C(N)=O)=C(O)[C@@H](N(C)C)C3[C@@H](O)C21. The average Bonchev–Trinajstić information content (AvgIpc) is 2.72. The molecule has 1 aromatic rings. The van der Waals surface area contributed by atoms with Gasteiger partial charge in [0.05, 0.1) is 29.3 Å². The van der Waals surface area contributed by atoms with Gasteiger partial charge in [-0.15, -0.1) is 0 Å². The van der Waals surface area contributed by atoms with Gasteiger partial charge in [-0.3, -0.25) is 19.3 Å². The molecule has 4 rings (SSSR count). The van der Waals surface area contributed by atoms with Gasteiger partial charge in [0.15, 0.2) is 11.4 Å². The number of amides is 1. The zero-order valence-corrected chi connectivity index (χ0v) is 18.1. The van der Waals surface area contributed by atoms with Gasteiger partial charge in [0.2, 0.25) is 5.78 Å². The number of aromatic hydroxyl groups is 1. The van der Waals surface area contributed by atoms with Crippen LogP contribution in [0.25, 0.3) is 0 Å². The van der Waals surface area contributed by atoms with E-state index in [0.29, 0.717) is 5.56 Å². The molecule has 11 heteroatoms. The number of nitrogen functional groups attached to an aromatic ring is 1. The van der Waals surface area contributed by atoms with Crippen LogP contribution in [0, 0.1) is 11.8 Å². The Bertz CT molecular complexity index is 1190. The van der Waals surface area contributed by atoms with E-state index >= 15 is 0 Å². The van der Waals surface area contributed by atoms with Gasteiger partial charge >= 0.3 is 0 Å². The summed E-state index contributed by atoms with van der Waals surface area (Å²) < 4.78 is 0. The molecular formula is C22H25N3O8. The van der Waals surface area contributed by atoms with Crippen LogP contribution < -0.4 is 11.5 Å². The van der Waals surface area contributed by atoms with Crippen LogP contribution in [-0.4, -0.2) is 79.7 Å². The second kappa shape index (κ2) is 7.04. The fraction of sp³-hybridized carbons (Fsp3) is 0.409. The molecule has 176 valence electrons. The Morgan fingerprint density at radius 2 is 1.76 bits per heavy atom. The molecule has 0 spiro atoms. The minimum absolute atomic E-state index is 0.0916. The number of primary amides is 1. The number of fused-ring (bicyclic) bond motifs is 3. The highest BCUT2D eigenvalue weighted by Crippen LogP contribution is 2.55. The molecule has 1 aromatic carbocycles. The number of likely N-dealkylation sites (N-methyl/N-ethyl adjacent to an activating group) is 1. The van der Waals surface area contributed by atoms with Crippen LogP contribution in [0.2, 0.25) is 0 Å². The molecule has 33 heavy (non-hydrogen) atoms. The maximum Gasteiger partial charge on any atom is 0.255 e. The molecule has 0 saturated carbocycles. The molecule has 0 bridgehead atoms. The lowest BCUT2D eigenvalue weighted by Crippen LogP contribution is -2.68. The highest BCUT2D eigenvalue weighted by Gasteiger charge is 2.67. The number of nitrogens with two attached hydrogens (primary N) is 2. The van der Waals surface area contributed by atoms with Crippen molar-refractivity contribution in [2.24, 2.45) is 17.6 Å². The van der Waals surface area contributed by atoms with E-state index in [1.807, 2.05) is 0 Å². The van der Waals surface area contributed by atoms with Gasteiger partial charge in [-0.25, -0.2) is 0 Å². The van der Waals surface area contributed by atoms with Gasteiger partial charge in [0.25, 0.3) is 5.91 Å². The van der Waals surface area contributed by atoms with Crippen molar-refractivity contribution in [2.75, 3.05) is 19.8 Å². The highest BCUT2D eigenvalue weighted by atomic mass is 16.4. The average molecular weight is 459 g/mol.